The molecule has 8 nitrogen and oxygen atoms in total. The van der Waals surface area contributed by atoms with Crippen LogP contribution in [0.1, 0.15) is 42.7 Å². The fourth-order valence-electron chi connectivity index (χ4n) is 4.09. The number of allylic oxidation sites excluding steroid dienone is 1. The molecule has 0 spiro atoms. The normalized spacial score (nSPS) is 12.2. The Morgan fingerprint density at radius 3 is 2.58 bits per heavy atom. The maximum absolute atomic E-state index is 9.31. The maximum Gasteiger partial charge on any atom is 0.227 e. The predicted molar refractivity (Wildman–Crippen MR) is 157 cm³/mol. The van der Waals surface area contributed by atoms with Crippen LogP contribution in [-0.2, 0) is 0 Å². The number of nitrogen functional groups attached to an aromatic ring is 1. The number of aryl methyl sites for hydroxylation is 1. The summed E-state index contributed by atoms with van der Waals surface area (Å²) in [7, 11) is 7.75. The Kier molecular flexibility index (Phi) is 9.69. The van der Waals surface area contributed by atoms with Crippen LogP contribution >= 0.6 is 0 Å². The molecule has 0 saturated heterocycles. The van der Waals surface area contributed by atoms with Gasteiger partial charge in [0.1, 0.15) is 5.75 Å². The highest BCUT2D eigenvalue weighted by Crippen LogP contribution is 2.36. The standard InChI is InChI=1S/C30H39N7O/c1-8-20(2)15-24(23-10-9-22(19-31)16-21(23)3)26-11-12-33-30(34-26)35-27-17-25(32)28(18-29(27)38-7)37(6)14-13-36(4)5/h9-12,15-18,20H,8,13-14,32H2,1-7H3,(H,33,34,35)/b24-15+. The molecule has 3 aromatic rings. The number of hydrogen-bond acceptors (Lipinski definition) is 8. The van der Waals surface area contributed by atoms with Crippen LogP contribution in [-0.4, -0.2) is 56.2 Å². The van der Waals surface area contributed by atoms with Crippen molar-refractivity contribution in [2.45, 2.75) is 27.2 Å². The fraction of sp³-hybridized carbons (Fsp3) is 0.367. The first-order chi connectivity index (χ1) is 18.2. The van der Waals surface area contributed by atoms with Gasteiger partial charge >= 0.3 is 0 Å². The lowest BCUT2D eigenvalue weighted by Gasteiger charge is -2.24. The van der Waals surface area contributed by atoms with E-state index < -0.39 is 0 Å². The molecule has 1 heterocycles. The number of benzene rings is 2. The summed E-state index contributed by atoms with van der Waals surface area (Å²) >= 11 is 0. The highest BCUT2D eigenvalue weighted by molar-refractivity contribution is 5.82. The van der Waals surface area contributed by atoms with Crippen LogP contribution in [0.5, 0.6) is 5.75 Å². The van der Waals surface area contributed by atoms with Crippen molar-refractivity contribution in [3.63, 3.8) is 0 Å². The number of nitriles is 1. The van der Waals surface area contributed by atoms with Crippen molar-refractivity contribution in [3.8, 4) is 11.8 Å². The van der Waals surface area contributed by atoms with Gasteiger partial charge in [0.15, 0.2) is 0 Å². The number of hydrogen-bond donors (Lipinski definition) is 2. The van der Waals surface area contributed by atoms with Gasteiger partial charge in [-0.3, -0.25) is 0 Å². The summed E-state index contributed by atoms with van der Waals surface area (Å²) in [4.78, 5) is 13.6. The molecule has 0 bridgehead atoms. The zero-order valence-electron chi connectivity index (χ0n) is 23.5. The third-order valence-electron chi connectivity index (χ3n) is 6.56. The first-order valence-electron chi connectivity index (χ1n) is 12.8. The van der Waals surface area contributed by atoms with Crippen LogP contribution in [0.3, 0.4) is 0 Å². The Morgan fingerprint density at radius 2 is 1.95 bits per heavy atom. The number of ether oxygens (including phenoxy) is 1. The molecule has 38 heavy (non-hydrogen) atoms. The first-order valence-corrected chi connectivity index (χ1v) is 12.8. The average Bonchev–Trinajstić information content (AvgIpc) is 2.90. The first kappa shape index (κ1) is 28.5. The third kappa shape index (κ3) is 7.02. The fourth-order valence-corrected chi connectivity index (χ4v) is 4.09. The Balaban J connectivity index is 1.98. The van der Waals surface area contributed by atoms with Crippen molar-refractivity contribution >= 4 is 28.6 Å². The minimum absolute atomic E-state index is 0.350. The largest absolute Gasteiger partial charge is 0.494 e. The van der Waals surface area contributed by atoms with Gasteiger partial charge in [0.05, 0.1) is 41.5 Å². The average molecular weight is 514 g/mol. The summed E-state index contributed by atoms with van der Waals surface area (Å²) < 4.78 is 5.69. The lowest BCUT2D eigenvalue weighted by molar-refractivity contribution is 0.413. The van der Waals surface area contributed by atoms with Gasteiger partial charge in [-0.25, -0.2) is 9.97 Å². The lowest BCUT2D eigenvalue weighted by Crippen LogP contribution is -2.29. The zero-order valence-corrected chi connectivity index (χ0v) is 23.5. The molecule has 0 amide bonds. The molecular weight excluding hydrogens is 474 g/mol. The van der Waals surface area contributed by atoms with Crippen molar-refractivity contribution in [2.75, 3.05) is 57.3 Å². The maximum atomic E-state index is 9.31. The van der Waals surface area contributed by atoms with Gasteiger partial charge in [0.2, 0.25) is 5.95 Å². The molecule has 0 saturated carbocycles. The van der Waals surface area contributed by atoms with E-state index >= 15 is 0 Å². The van der Waals surface area contributed by atoms with E-state index in [1.165, 1.54) is 0 Å². The van der Waals surface area contributed by atoms with E-state index in [0.717, 1.165) is 47.6 Å². The van der Waals surface area contributed by atoms with Crippen molar-refractivity contribution in [1.29, 1.82) is 5.26 Å². The molecule has 0 aliphatic carbocycles. The Bertz CT molecular complexity index is 1330. The molecule has 3 N–H and O–H groups in total. The molecule has 0 aliphatic rings. The summed E-state index contributed by atoms with van der Waals surface area (Å²) in [5.41, 5.74) is 13.2. The van der Waals surface area contributed by atoms with E-state index in [9.17, 15) is 5.26 Å². The number of anilines is 4. The van der Waals surface area contributed by atoms with Crippen molar-refractivity contribution in [2.24, 2.45) is 5.92 Å². The van der Waals surface area contributed by atoms with E-state index in [0.29, 0.717) is 34.6 Å². The van der Waals surface area contributed by atoms with E-state index in [-0.39, 0.29) is 0 Å². The number of nitrogens with one attached hydrogen (secondary N) is 1. The van der Waals surface area contributed by atoms with Crippen LogP contribution in [0, 0.1) is 24.2 Å². The number of likely N-dealkylation sites (N-methyl/N-ethyl adjacent to an activating group) is 2. The molecule has 1 atom stereocenters. The van der Waals surface area contributed by atoms with Crippen molar-refractivity contribution in [3.05, 3.63) is 71.1 Å². The van der Waals surface area contributed by atoms with Crippen LogP contribution in [0.25, 0.3) is 5.57 Å². The minimum Gasteiger partial charge on any atom is -0.494 e. The van der Waals surface area contributed by atoms with Gasteiger partial charge in [0.25, 0.3) is 0 Å². The van der Waals surface area contributed by atoms with Gasteiger partial charge in [-0.1, -0.05) is 32.4 Å². The molecular formula is C30H39N7O. The molecule has 3 rings (SSSR count). The number of aromatic nitrogens is 2. The Labute approximate surface area is 226 Å². The molecule has 0 aliphatic heterocycles. The summed E-state index contributed by atoms with van der Waals surface area (Å²) in [5, 5.41) is 12.6. The quantitative estimate of drug-likeness (QED) is 0.326. The summed E-state index contributed by atoms with van der Waals surface area (Å²) in [6.07, 6.45) is 4.98. The van der Waals surface area contributed by atoms with Crippen molar-refractivity contribution < 1.29 is 4.74 Å². The van der Waals surface area contributed by atoms with E-state index in [4.69, 9.17) is 15.5 Å². The van der Waals surface area contributed by atoms with Crippen LogP contribution in [0.4, 0.5) is 23.0 Å². The Morgan fingerprint density at radius 1 is 1.18 bits per heavy atom. The van der Waals surface area contributed by atoms with E-state index in [1.54, 1.807) is 13.3 Å². The molecule has 8 heteroatoms. The molecule has 1 aromatic heterocycles. The monoisotopic (exact) mass is 513 g/mol. The second kappa shape index (κ2) is 12.9. The van der Waals surface area contributed by atoms with Crippen LogP contribution < -0.4 is 20.7 Å². The number of methoxy groups -OCH3 is 1. The molecule has 1 unspecified atom stereocenters. The molecule has 2 aromatic carbocycles. The summed E-state index contributed by atoms with van der Waals surface area (Å²) in [6, 6.07) is 13.7. The third-order valence-corrected chi connectivity index (χ3v) is 6.56. The van der Waals surface area contributed by atoms with Crippen LogP contribution in [0.2, 0.25) is 0 Å². The molecule has 0 radical (unpaired) electrons. The van der Waals surface area contributed by atoms with Crippen molar-refractivity contribution in [1.82, 2.24) is 14.9 Å². The minimum atomic E-state index is 0.350. The van der Waals surface area contributed by atoms with Gasteiger partial charge in [0, 0.05) is 38.0 Å². The number of nitrogens with zero attached hydrogens (tertiary/aromatic N) is 5. The smallest absolute Gasteiger partial charge is 0.227 e. The highest BCUT2D eigenvalue weighted by atomic mass is 16.5. The second-order valence-electron chi connectivity index (χ2n) is 9.83. The SMILES string of the molecule is CCC(C)/C=C(/c1ccnc(Nc2cc(N)c(N(C)CCN(C)C)cc2OC)n1)c1ccc(C#N)cc1C. The topological polar surface area (TPSA) is 103 Å². The summed E-state index contributed by atoms with van der Waals surface area (Å²) in [6.45, 7) is 8.11. The zero-order chi connectivity index (χ0) is 27.8. The number of nitrogens with two attached hydrogens (primary N) is 1. The van der Waals surface area contributed by atoms with Gasteiger partial charge < -0.3 is 25.6 Å². The predicted octanol–water partition coefficient (Wildman–Crippen LogP) is 5.47. The highest BCUT2D eigenvalue weighted by Gasteiger charge is 2.16. The Hall–Kier alpha value is -4.09. The van der Waals surface area contributed by atoms with Gasteiger partial charge in [-0.05, 0) is 62.3 Å². The van der Waals surface area contributed by atoms with Crippen LogP contribution in [0.15, 0.2) is 48.7 Å². The second-order valence-corrected chi connectivity index (χ2v) is 9.83. The lowest BCUT2D eigenvalue weighted by atomic mass is 9.93. The van der Waals surface area contributed by atoms with Gasteiger partial charge in [-0.2, -0.15) is 5.26 Å². The molecule has 200 valence electrons. The van der Waals surface area contributed by atoms with E-state index in [2.05, 4.69) is 46.1 Å². The van der Waals surface area contributed by atoms with Gasteiger partial charge in [-0.15, -0.1) is 0 Å². The van der Waals surface area contributed by atoms with E-state index in [1.807, 2.05) is 64.5 Å². The summed E-state index contributed by atoms with van der Waals surface area (Å²) in [5.74, 6) is 1.44. The molecule has 0 fully saturated rings. The number of rotatable bonds is 11.